The number of aliphatic carboxylic acids is 1. The highest BCUT2D eigenvalue weighted by Crippen LogP contribution is 2.48. The molecule has 1 heterocycles. The summed E-state index contributed by atoms with van der Waals surface area (Å²) >= 11 is 6.25. The first-order chi connectivity index (χ1) is 9.99. The summed E-state index contributed by atoms with van der Waals surface area (Å²) in [5.41, 5.74) is 6.74. The zero-order chi connectivity index (χ0) is 15.0. The van der Waals surface area contributed by atoms with Crippen molar-refractivity contribution in [3.8, 4) is 11.5 Å². The Morgan fingerprint density at radius 1 is 1.33 bits per heavy atom. The van der Waals surface area contributed by atoms with Crippen molar-refractivity contribution < 1.29 is 19.4 Å². The first-order valence-corrected chi connectivity index (χ1v) is 7.56. The van der Waals surface area contributed by atoms with Crippen molar-refractivity contribution in [1.82, 2.24) is 0 Å². The molecule has 1 atom stereocenters. The molecule has 5 nitrogen and oxygen atoms in total. The Morgan fingerprint density at radius 2 is 1.95 bits per heavy atom. The lowest BCUT2D eigenvalue weighted by molar-refractivity contribution is -0.137. The van der Waals surface area contributed by atoms with Gasteiger partial charge in [-0.3, -0.25) is 4.79 Å². The number of rotatable bonds is 4. The van der Waals surface area contributed by atoms with Crippen molar-refractivity contribution in [2.45, 2.75) is 50.4 Å². The van der Waals surface area contributed by atoms with Crippen LogP contribution in [0.25, 0.3) is 0 Å². The smallest absolute Gasteiger partial charge is 0.303 e. The minimum atomic E-state index is -0.868. The van der Waals surface area contributed by atoms with Crippen LogP contribution in [0.15, 0.2) is 12.1 Å². The standard InChI is InChI=1S/C15H18ClNO4/c16-10-8-13-12(20-15(21-13)5-1-2-6-15)7-9(10)11(17)3-4-14(18)19/h7-8,11H,1-6,17H2,(H,18,19). The Labute approximate surface area is 128 Å². The summed E-state index contributed by atoms with van der Waals surface area (Å²) < 4.78 is 11.9. The minimum absolute atomic E-state index is 0.00980. The van der Waals surface area contributed by atoms with Gasteiger partial charge in [-0.1, -0.05) is 11.6 Å². The number of carboxylic acid groups (broad SMARTS) is 1. The van der Waals surface area contributed by atoms with E-state index in [9.17, 15) is 4.79 Å². The maximum absolute atomic E-state index is 10.6. The van der Waals surface area contributed by atoms with E-state index in [1.807, 2.05) is 0 Å². The monoisotopic (exact) mass is 311 g/mol. The highest BCUT2D eigenvalue weighted by atomic mass is 35.5. The molecular formula is C15H18ClNO4. The second kappa shape index (κ2) is 5.39. The molecule has 0 aromatic heterocycles. The Hall–Kier alpha value is -1.46. The van der Waals surface area contributed by atoms with Crippen molar-refractivity contribution >= 4 is 17.6 Å². The van der Waals surface area contributed by atoms with Crippen molar-refractivity contribution in [2.24, 2.45) is 5.73 Å². The number of ether oxygens (including phenoxy) is 2. The second-order valence-electron chi connectivity index (χ2n) is 5.68. The molecule has 1 aliphatic carbocycles. The summed E-state index contributed by atoms with van der Waals surface area (Å²) in [5.74, 6) is -0.0968. The van der Waals surface area contributed by atoms with Crippen molar-refractivity contribution in [2.75, 3.05) is 0 Å². The molecule has 3 rings (SSSR count). The predicted octanol–water partition coefficient (Wildman–Crippen LogP) is 3.25. The van der Waals surface area contributed by atoms with Crippen molar-refractivity contribution in [1.29, 1.82) is 0 Å². The number of carbonyl (C=O) groups is 1. The van der Waals surface area contributed by atoms with Crippen LogP contribution in [0.5, 0.6) is 11.5 Å². The molecule has 3 N–H and O–H groups in total. The summed E-state index contributed by atoms with van der Waals surface area (Å²) in [6.07, 6.45) is 4.27. The maximum Gasteiger partial charge on any atom is 0.303 e. The van der Waals surface area contributed by atoms with Crippen LogP contribution in [0.4, 0.5) is 0 Å². The Balaban J connectivity index is 1.81. The van der Waals surface area contributed by atoms with Crippen LogP contribution in [0.2, 0.25) is 5.02 Å². The molecule has 6 heteroatoms. The van der Waals surface area contributed by atoms with E-state index in [0.717, 1.165) is 25.7 Å². The van der Waals surface area contributed by atoms with Gasteiger partial charge in [0.15, 0.2) is 11.5 Å². The molecule has 1 aliphatic heterocycles. The topological polar surface area (TPSA) is 81.8 Å². The Bertz CT molecular complexity index is 569. The van der Waals surface area contributed by atoms with Gasteiger partial charge in [0.25, 0.3) is 5.79 Å². The summed E-state index contributed by atoms with van der Waals surface area (Å²) in [6, 6.07) is 3.08. The summed E-state index contributed by atoms with van der Waals surface area (Å²) in [7, 11) is 0. The normalized spacial score (nSPS) is 19.9. The quantitative estimate of drug-likeness (QED) is 0.892. The number of carboxylic acids is 1. The average Bonchev–Trinajstić information content (AvgIpc) is 3.01. The summed E-state index contributed by atoms with van der Waals surface area (Å²) in [6.45, 7) is 0. The molecule has 1 unspecified atom stereocenters. The molecule has 1 fully saturated rings. The van der Waals surface area contributed by atoms with Crippen molar-refractivity contribution in [3.63, 3.8) is 0 Å². The van der Waals surface area contributed by atoms with Gasteiger partial charge in [-0.15, -0.1) is 0 Å². The lowest BCUT2D eigenvalue weighted by Gasteiger charge is -2.21. The van der Waals surface area contributed by atoms with Gasteiger partial charge >= 0.3 is 5.97 Å². The molecule has 1 spiro atoms. The van der Waals surface area contributed by atoms with Gasteiger partial charge in [0.05, 0.1) is 0 Å². The first-order valence-electron chi connectivity index (χ1n) is 7.18. The molecule has 1 saturated carbocycles. The summed E-state index contributed by atoms with van der Waals surface area (Å²) in [4.78, 5) is 10.6. The molecule has 0 amide bonds. The number of hydrogen-bond donors (Lipinski definition) is 2. The van der Waals surface area contributed by atoms with Crippen LogP contribution in [-0.2, 0) is 4.79 Å². The van der Waals surface area contributed by atoms with E-state index in [-0.39, 0.29) is 6.42 Å². The highest BCUT2D eigenvalue weighted by molar-refractivity contribution is 6.31. The zero-order valence-corrected chi connectivity index (χ0v) is 12.4. The van der Waals surface area contributed by atoms with Crippen LogP contribution in [-0.4, -0.2) is 16.9 Å². The number of benzene rings is 1. The van der Waals surface area contributed by atoms with Gasteiger partial charge in [-0.2, -0.15) is 0 Å². The average molecular weight is 312 g/mol. The van der Waals surface area contributed by atoms with Crippen LogP contribution >= 0.6 is 11.6 Å². The molecule has 1 aromatic carbocycles. The van der Waals surface area contributed by atoms with E-state index < -0.39 is 17.8 Å². The maximum atomic E-state index is 10.6. The van der Waals surface area contributed by atoms with Crippen molar-refractivity contribution in [3.05, 3.63) is 22.7 Å². The fraction of sp³-hybridized carbons (Fsp3) is 0.533. The molecule has 0 radical (unpaired) electrons. The molecule has 114 valence electrons. The zero-order valence-electron chi connectivity index (χ0n) is 11.6. The Kier molecular flexibility index (Phi) is 3.71. The van der Waals surface area contributed by atoms with E-state index in [2.05, 4.69) is 0 Å². The lowest BCUT2D eigenvalue weighted by Crippen LogP contribution is -2.34. The second-order valence-corrected chi connectivity index (χ2v) is 6.09. The molecule has 2 aliphatic rings. The van der Waals surface area contributed by atoms with Crippen LogP contribution < -0.4 is 15.2 Å². The van der Waals surface area contributed by atoms with Gasteiger partial charge in [0.1, 0.15) is 0 Å². The van der Waals surface area contributed by atoms with E-state index in [1.165, 1.54) is 0 Å². The SMILES string of the molecule is NC(CCC(=O)O)c1cc2c(cc1Cl)OC1(CCCC1)O2. The fourth-order valence-corrected chi connectivity index (χ4v) is 3.26. The molecule has 21 heavy (non-hydrogen) atoms. The lowest BCUT2D eigenvalue weighted by atomic mass is 10.0. The molecule has 0 bridgehead atoms. The van der Waals surface area contributed by atoms with Gasteiger partial charge in [0.2, 0.25) is 0 Å². The number of hydrogen-bond acceptors (Lipinski definition) is 4. The fourth-order valence-electron chi connectivity index (χ4n) is 2.97. The molecule has 1 aromatic rings. The minimum Gasteiger partial charge on any atom is -0.481 e. The van der Waals surface area contributed by atoms with Gasteiger partial charge in [-0.25, -0.2) is 0 Å². The summed E-state index contributed by atoms with van der Waals surface area (Å²) in [5, 5.41) is 9.23. The van der Waals surface area contributed by atoms with E-state index in [0.29, 0.717) is 28.5 Å². The van der Waals surface area contributed by atoms with E-state index in [4.69, 9.17) is 31.9 Å². The van der Waals surface area contributed by atoms with Gasteiger partial charge in [0, 0.05) is 36.4 Å². The van der Waals surface area contributed by atoms with Crippen LogP contribution in [0, 0.1) is 0 Å². The first kappa shape index (κ1) is 14.5. The van der Waals surface area contributed by atoms with E-state index >= 15 is 0 Å². The van der Waals surface area contributed by atoms with Gasteiger partial charge < -0.3 is 20.3 Å². The number of nitrogens with two attached hydrogens (primary N) is 1. The van der Waals surface area contributed by atoms with Crippen LogP contribution in [0.1, 0.15) is 50.1 Å². The predicted molar refractivity (Wildman–Crippen MR) is 77.7 cm³/mol. The third-order valence-corrected chi connectivity index (χ3v) is 4.42. The molecule has 0 saturated heterocycles. The highest BCUT2D eigenvalue weighted by Gasteiger charge is 2.44. The largest absolute Gasteiger partial charge is 0.481 e. The molecular weight excluding hydrogens is 294 g/mol. The number of halogens is 1. The Morgan fingerprint density at radius 3 is 2.57 bits per heavy atom. The number of fused-ring (bicyclic) bond motifs is 1. The van der Waals surface area contributed by atoms with Crippen LogP contribution in [0.3, 0.4) is 0 Å². The van der Waals surface area contributed by atoms with E-state index in [1.54, 1.807) is 12.1 Å². The third-order valence-electron chi connectivity index (χ3n) is 4.09. The van der Waals surface area contributed by atoms with Gasteiger partial charge in [-0.05, 0) is 30.9 Å². The third kappa shape index (κ3) is 2.80.